The monoisotopic (exact) mass is 487 g/mol. The lowest BCUT2D eigenvalue weighted by molar-refractivity contribution is -0.135. The van der Waals surface area contributed by atoms with Crippen LogP contribution in [0.2, 0.25) is 0 Å². The minimum Gasteiger partial charge on any atom is -0.493 e. The molecule has 0 atom stereocenters. The molecule has 0 saturated heterocycles. The van der Waals surface area contributed by atoms with E-state index in [9.17, 15) is 9.18 Å². The molecule has 0 aliphatic rings. The van der Waals surface area contributed by atoms with E-state index in [1.807, 2.05) is 75.4 Å². The number of aromatic nitrogens is 2. The SMILES string of the molecule is COc1ccccc1Oc1c(CN(Cc2ccc(F)cc2)C(=O)C(C)C)c(C)nn1-c1ccccc1. The Bertz CT molecular complexity index is 1320. The summed E-state index contributed by atoms with van der Waals surface area (Å²) in [5.74, 6) is 1.08. The minimum absolute atomic E-state index is 0.0190. The maximum atomic E-state index is 13.5. The summed E-state index contributed by atoms with van der Waals surface area (Å²) < 4.78 is 27.2. The largest absolute Gasteiger partial charge is 0.493 e. The molecule has 1 heterocycles. The van der Waals surface area contributed by atoms with Crippen LogP contribution in [0.25, 0.3) is 5.69 Å². The summed E-state index contributed by atoms with van der Waals surface area (Å²) >= 11 is 0. The summed E-state index contributed by atoms with van der Waals surface area (Å²) in [6, 6.07) is 23.3. The Kier molecular flexibility index (Phi) is 7.68. The van der Waals surface area contributed by atoms with Gasteiger partial charge in [-0.25, -0.2) is 9.07 Å². The second-order valence-electron chi connectivity index (χ2n) is 8.84. The molecular weight excluding hydrogens is 457 g/mol. The highest BCUT2D eigenvalue weighted by Gasteiger charge is 2.25. The summed E-state index contributed by atoms with van der Waals surface area (Å²) in [7, 11) is 1.59. The predicted molar refractivity (Wildman–Crippen MR) is 137 cm³/mol. The number of nitrogens with zero attached hydrogens (tertiary/aromatic N) is 3. The molecule has 7 heteroatoms. The Balaban J connectivity index is 1.78. The average Bonchev–Trinajstić information content (AvgIpc) is 3.19. The predicted octanol–water partition coefficient (Wildman–Crippen LogP) is 6.31. The molecular formula is C29H30FN3O3. The molecule has 0 aliphatic heterocycles. The molecule has 0 unspecified atom stereocenters. The first-order valence-electron chi connectivity index (χ1n) is 11.9. The summed E-state index contributed by atoms with van der Waals surface area (Å²) in [6.07, 6.45) is 0. The molecule has 4 rings (SSSR count). The van der Waals surface area contributed by atoms with E-state index in [-0.39, 0.29) is 24.2 Å². The maximum absolute atomic E-state index is 13.5. The van der Waals surface area contributed by atoms with Crippen molar-refractivity contribution in [1.82, 2.24) is 14.7 Å². The van der Waals surface area contributed by atoms with Crippen LogP contribution >= 0.6 is 0 Å². The van der Waals surface area contributed by atoms with Crippen molar-refractivity contribution in [3.63, 3.8) is 0 Å². The van der Waals surface area contributed by atoms with Crippen molar-refractivity contribution in [2.45, 2.75) is 33.9 Å². The van der Waals surface area contributed by atoms with Crippen molar-refractivity contribution in [1.29, 1.82) is 0 Å². The van der Waals surface area contributed by atoms with E-state index in [0.29, 0.717) is 23.9 Å². The van der Waals surface area contributed by atoms with E-state index < -0.39 is 0 Å². The van der Waals surface area contributed by atoms with Crippen molar-refractivity contribution in [3.05, 3.63) is 102 Å². The molecule has 0 radical (unpaired) electrons. The quantitative estimate of drug-likeness (QED) is 0.278. The van der Waals surface area contributed by atoms with Crippen molar-refractivity contribution in [2.75, 3.05) is 7.11 Å². The van der Waals surface area contributed by atoms with Crippen LogP contribution in [-0.2, 0) is 17.9 Å². The second-order valence-corrected chi connectivity index (χ2v) is 8.84. The minimum atomic E-state index is -0.312. The molecule has 0 saturated carbocycles. The third-order valence-corrected chi connectivity index (χ3v) is 5.85. The number of rotatable bonds is 9. The van der Waals surface area contributed by atoms with Crippen molar-refractivity contribution >= 4 is 5.91 Å². The molecule has 0 spiro atoms. The average molecular weight is 488 g/mol. The van der Waals surface area contributed by atoms with E-state index in [0.717, 1.165) is 22.5 Å². The van der Waals surface area contributed by atoms with Crippen LogP contribution in [0, 0.1) is 18.7 Å². The van der Waals surface area contributed by atoms with E-state index >= 15 is 0 Å². The van der Waals surface area contributed by atoms with Gasteiger partial charge in [0.15, 0.2) is 11.5 Å². The molecule has 0 N–H and O–H groups in total. The zero-order valence-corrected chi connectivity index (χ0v) is 20.9. The zero-order chi connectivity index (χ0) is 25.7. The third kappa shape index (κ3) is 5.57. The fraction of sp³-hybridized carbons (Fsp3) is 0.241. The van der Waals surface area contributed by atoms with Gasteiger partial charge in [-0.15, -0.1) is 0 Å². The summed E-state index contributed by atoms with van der Waals surface area (Å²) in [5.41, 5.74) is 3.19. The number of methoxy groups -OCH3 is 1. The summed E-state index contributed by atoms with van der Waals surface area (Å²) in [4.78, 5) is 15.0. The number of ether oxygens (including phenoxy) is 2. The topological polar surface area (TPSA) is 56.6 Å². The van der Waals surface area contributed by atoms with Crippen molar-refractivity contribution in [2.24, 2.45) is 5.92 Å². The van der Waals surface area contributed by atoms with E-state index in [1.165, 1.54) is 12.1 Å². The van der Waals surface area contributed by atoms with E-state index in [2.05, 4.69) is 0 Å². The molecule has 6 nitrogen and oxygen atoms in total. The fourth-order valence-electron chi connectivity index (χ4n) is 3.95. The van der Waals surface area contributed by atoms with Gasteiger partial charge in [0.2, 0.25) is 11.8 Å². The number of halogens is 1. The van der Waals surface area contributed by atoms with E-state index in [4.69, 9.17) is 14.6 Å². The smallest absolute Gasteiger partial charge is 0.228 e. The Morgan fingerprint density at radius 2 is 1.58 bits per heavy atom. The molecule has 0 fully saturated rings. The maximum Gasteiger partial charge on any atom is 0.228 e. The number of aryl methyl sites for hydroxylation is 1. The standard InChI is InChI=1S/C29H30FN3O3/c1-20(2)28(34)32(18-22-14-16-23(30)17-15-22)19-25-21(3)31-33(24-10-6-5-7-11-24)29(25)36-27-13-9-8-12-26(27)35-4/h5-17,20H,18-19H2,1-4H3. The van der Waals surface area contributed by atoms with Gasteiger partial charge in [0.25, 0.3) is 0 Å². The van der Waals surface area contributed by atoms with Gasteiger partial charge in [-0.3, -0.25) is 4.79 Å². The number of carbonyl (C=O) groups is 1. The van der Waals surface area contributed by atoms with Gasteiger partial charge in [0, 0.05) is 12.5 Å². The number of para-hydroxylation sites is 3. The van der Waals surface area contributed by atoms with Gasteiger partial charge in [-0.05, 0) is 48.9 Å². The van der Waals surface area contributed by atoms with Gasteiger partial charge in [0.1, 0.15) is 5.82 Å². The summed E-state index contributed by atoms with van der Waals surface area (Å²) in [6.45, 7) is 6.25. The number of hydrogen-bond donors (Lipinski definition) is 0. The Morgan fingerprint density at radius 3 is 2.22 bits per heavy atom. The lowest BCUT2D eigenvalue weighted by Gasteiger charge is -2.25. The van der Waals surface area contributed by atoms with Gasteiger partial charge in [-0.2, -0.15) is 5.10 Å². The van der Waals surface area contributed by atoms with Crippen molar-refractivity contribution in [3.8, 4) is 23.1 Å². The zero-order valence-electron chi connectivity index (χ0n) is 20.9. The highest BCUT2D eigenvalue weighted by atomic mass is 19.1. The highest BCUT2D eigenvalue weighted by molar-refractivity contribution is 5.78. The number of carbonyl (C=O) groups excluding carboxylic acids is 1. The first-order valence-corrected chi connectivity index (χ1v) is 11.9. The van der Waals surface area contributed by atoms with Crippen LogP contribution in [0.1, 0.15) is 30.7 Å². The Morgan fingerprint density at radius 1 is 0.944 bits per heavy atom. The van der Waals surface area contributed by atoms with Gasteiger partial charge in [-0.1, -0.05) is 56.3 Å². The Labute approximate surface area is 210 Å². The Hall–Kier alpha value is -4.13. The van der Waals surface area contributed by atoms with Gasteiger partial charge >= 0.3 is 0 Å². The first kappa shape index (κ1) is 25.0. The molecule has 1 amide bonds. The molecule has 4 aromatic rings. The third-order valence-electron chi connectivity index (χ3n) is 5.85. The summed E-state index contributed by atoms with van der Waals surface area (Å²) in [5, 5.41) is 4.77. The number of amides is 1. The van der Waals surface area contributed by atoms with Gasteiger partial charge in [0.05, 0.1) is 30.6 Å². The van der Waals surface area contributed by atoms with Crippen LogP contribution in [0.15, 0.2) is 78.9 Å². The lowest BCUT2D eigenvalue weighted by atomic mass is 10.1. The molecule has 36 heavy (non-hydrogen) atoms. The molecule has 0 aliphatic carbocycles. The van der Waals surface area contributed by atoms with Gasteiger partial charge < -0.3 is 14.4 Å². The lowest BCUT2D eigenvalue weighted by Crippen LogP contribution is -2.33. The molecule has 3 aromatic carbocycles. The molecule has 1 aromatic heterocycles. The van der Waals surface area contributed by atoms with Crippen LogP contribution in [-0.4, -0.2) is 27.7 Å². The molecule has 186 valence electrons. The van der Waals surface area contributed by atoms with Crippen LogP contribution in [0.3, 0.4) is 0 Å². The molecule has 0 bridgehead atoms. The second kappa shape index (κ2) is 11.1. The number of benzene rings is 3. The fourth-order valence-corrected chi connectivity index (χ4v) is 3.95. The van der Waals surface area contributed by atoms with Crippen LogP contribution in [0.5, 0.6) is 17.4 Å². The van der Waals surface area contributed by atoms with Crippen LogP contribution in [0.4, 0.5) is 4.39 Å². The van der Waals surface area contributed by atoms with Crippen molar-refractivity contribution < 1.29 is 18.7 Å². The normalized spacial score (nSPS) is 10.9. The highest BCUT2D eigenvalue weighted by Crippen LogP contribution is 2.36. The first-order chi connectivity index (χ1) is 17.4. The van der Waals surface area contributed by atoms with Crippen LogP contribution < -0.4 is 9.47 Å². The number of hydrogen-bond acceptors (Lipinski definition) is 4. The van der Waals surface area contributed by atoms with E-state index in [1.54, 1.807) is 28.8 Å².